The molecule has 0 unspecified atom stereocenters. The van der Waals surface area contributed by atoms with Gasteiger partial charge in [-0.25, -0.2) is 0 Å². The van der Waals surface area contributed by atoms with Crippen LogP contribution in [0.15, 0.2) is 6.07 Å². The maximum absolute atomic E-state index is 4.38. The Hall–Kier alpha value is -0.430. The van der Waals surface area contributed by atoms with Gasteiger partial charge in [0.25, 0.3) is 0 Å². The van der Waals surface area contributed by atoms with Gasteiger partial charge in [0.2, 0.25) is 0 Å². The van der Waals surface area contributed by atoms with Crippen molar-refractivity contribution in [3.05, 3.63) is 21.5 Å². The Kier molecular flexibility index (Phi) is 5.09. The van der Waals surface area contributed by atoms with E-state index in [4.69, 9.17) is 0 Å². The second kappa shape index (κ2) is 7.02. The summed E-state index contributed by atoms with van der Waals surface area (Å²) in [6.45, 7) is 4.25. The van der Waals surface area contributed by atoms with Crippen LogP contribution in [-0.4, -0.2) is 29.0 Å². The minimum atomic E-state index is 1.03. The highest BCUT2D eigenvalue weighted by molar-refractivity contribution is 7.98. The zero-order valence-corrected chi connectivity index (χ0v) is 14.1. The minimum absolute atomic E-state index is 1.03. The summed E-state index contributed by atoms with van der Waals surface area (Å²) >= 11 is 5.71. The van der Waals surface area contributed by atoms with E-state index < -0.39 is 0 Å². The van der Waals surface area contributed by atoms with Crippen molar-refractivity contribution in [3.63, 3.8) is 0 Å². The van der Waals surface area contributed by atoms with E-state index in [0.29, 0.717) is 0 Å². The Morgan fingerprint density at radius 2 is 2.25 bits per heavy atom. The van der Waals surface area contributed by atoms with Gasteiger partial charge >= 0.3 is 0 Å². The molecule has 0 saturated heterocycles. The van der Waals surface area contributed by atoms with E-state index in [1.807, 2.05) is 23.1 Å². The van der Waals surface area contributed by atoms with Crippen LogP contribution in [0.1, 0.15) is 28.8 Å². The van der Waals surface area contributed by atoms with Crippen LogP contribution in [0.4, 0.5) is 0 Å². The van der Waals surface area contributed by atoms with Crippen LogP contribution in [0.5, 0.6) is 0 Å². The van der Waals surface area contributed by atoms with E-state index >= 15 is 0 Å². The molecule has 2 aromatic heterocycles. The lowest BCUT2D eigenvalue weighted by atomic mass is 10.2. The Balaban J connectivity index is 1.65. The molecule has 0 amide bonds. The first-order valence-corrected chi connectivity index (χ1v) is 9.88. The number of nitrogens with one attached hydrogen (secondary N) is 1. The lowest BCUT2D eigenvalue weighted by Gasteiger charge is -2.08. The number of nitrogens with zero attached hydrogens (tertiary/aromatic N) is 2. The first-order chi connectivity index (χ1) is 9.86. The van der Waals surface area contributed by atoms with Gasteiger partial charge < -0.3 is 5.32 Å². The van der Waals surface area contributed by atoms with E-state index in [1.165, 1.54) is 33.4 Å². The number of aromatic nitrogens is 2. The van der Waals surface area contributed by atoms with E-state index in [0.717, 1.165) is 30.9 Å². The lowest BCUT2D eigenvalue weighted by molar-refractivity contribution is 0.669. The van der Waals surface area contributed by atoms with Crippen LogP contribution in [0, 0.1) is 0 Å². The number of hydrogen-bond acceptors (Lipinski definition) is 6. The summed E-state index contributed by atoms with van der Waals surface area (Å²) < 4.78 is 0. The molecule has 1 aliphatic heterocycles. The third kappa shape index (κ3) is 3.42. The smallest absolute Gasteiger partial charge is 0.157 e. The van der Waals surface area contributed by atoms with Gasteiger partial charge in [0, 0.05) is 17.1 Å². The highest BCUT2D eigenvalue weighted by Crippen LogP contribution is 2.37. The van der Waals surface area contributed by atoms with Crippen molar-refractivity contribution < 1.29 is 0 Å². The number of thiophene rings is 1. The average Bonchev–Trinajstić information content (AvgIpc) is 3.09. The molecule has 0 saturated carbocycles. The zero-order chi connectivity index (χ0) is 13.8. The summed E-state index contributed by atoms with van der Waals surface area (Å²) in [5.41, 5.74) is 1.52. The SMILES string of the molecule is CCNCCCc1nnc(-c2cc3c(s2)CCSC3)s1. The van der Waals surface area contributed by atoms with E-state index in [9.17, 15) is 0 Å². The highest BCUT2D eigenvalue weighted by atomic mass is 32.2. The van der Waals surface area contributed by atoms with Crippen molar-refractivity contribution in [1.29, 1.82) is 0 Å². The van der Waals surface area contributed by atoms with Gasteiger partial charge in [-0.3, -0.25) is 0 Å². The molecule has 0 aromatic carbocycles. The van der Waals surface area contributed by atoms with Crippen molar-refractivity contribution >= 4 is 34.4 Å². The minimum Gasteiger partial charge on any atom is -0.317 e. The molecule has 0 fully saturated rings. The molecule has 0 radical (unpaired) electrons. The highest BCUT2D eigenvalue weighted by Gasteiger charge is 2.16. The van der Waals surface area contributed by atoms with Gasteiger partial charge in [-0.15, -0.1) is 21.5 Å². The Morgan fingerprint density at radius 3 is 3.10 bits per heavy atom. The van der Waals surface area contributed by atoms with Gasteiger partial charge in [0.05, 0.1) is 4.88 Å². The average molecular weight is 326 g/mol. The molecule has 0 bridgehead atoms. The van der Waals surface area contributed by atoms with Crippen LogP contribution in [0.2, 0.25) is 0 Å². The molecule has 0 spiro atoms. The number of aryl methyl sites for hydroxylation is 2. The molecule has 3 heterocycles. The van der Waals surface area contributed by atoms with E-state index in [2.05, 4.69) is 28.5 Å². The molecule has 6 heteroatoms. The molecule has 0 atom stereocenters. The van der Waals surface area contributed by atoms with Crippen molar-refractivity contribution in [2.45, 2.75) is 31.9 Å². The normalized spacial score (nSPS) is 14.4. The van der Waals surface area contributed by atoms with Crippen LogP contribution >= 0.6 is 34.4 Å². The Labute approximate surface area is 132 Å². The first kappa shape index (κ1) is 14.5. The fourth-order valence-corrected chi connectivity index (χ4v) is 5.54. The fourth-order valence-electron chi connectivity index (χ4n) is 2.25. The van der Waals surface area contributed by atoms with Crippen molar-refractivity contribution in [2.75, 3.05) is 18.8 Å². The summed E-state index contributed by atoms with van der Waals surface area (Å²) in [7, 11) is 0. The number of thioether (sulfide) groups is 1. The third-order valence-corrected chi connectivity index (χ3v) is 6.70. The van der Waals surface area contributed by atoms with Crippen molar-refractivity contribution in [3.8, 4) is 9.88 Å². The Morgan fingerprint density at radius 1 is 1.30 bits per heavy atom. The molecule has 3 nitrogen and oxygen atoms in total. The van der Waals surface area contributed by atoms with E-state index in [-0.39, 0.29) is 0 Å². The molecular formula is C14H19N3S3. The molecule has 108 valence electrons. The maximum atomic E-state index is 4.38. The number of fused-ring (bicyclic) bond motifs is 1. The summed E-state index contributed by atoms with van der Waals surface area (Å²) in [6, 6.07) is 2.33. The van der Waals surface area contributed by atoms with Crippen LogP contribution in [0.3, 0.4) is 0 Å². The lowest BCUT2D eigenvalue weighted by Crippen LogP contribution is -2.14. The van der Waals surface area contributed by atoms with Gasteiger partial charge in [0.1, 0.15) is 5.01 Å². The molecule has 20 heavy (non-hydrogen) atoms. The molecule has 1 N–H and O–H groups in total. The van der Waals surface area contributed by atoms with Crippen LogP contribution in [-0.2, 0) is 18.6 Å². The second-order valence-corrected chi connectivity index (χ2v) is 8.12. The predicted molar refractivity (Wildman–Crippen MR) is 90.0 cm³/mol. The zero-order valence-electron chi connectivity index (χ0n) is 11.6. The predicted octanol–water partition coefficient (Wildman–Crippen LogP) is 3.60. The van der Waals surface area contributed by atoms with Crippen LogP contribution < -0.4 is 5.32 Å². The standard InChI is InChI=1S/C14H19N3S3/c1-2-15-6-3-4-13-16-17-14(20-13)12-8-10-9-18-7-5-11(10)19-12/h8,15H,2-7,9H2,1H3. The van der Waals surface area contributed by atoms with Crippen LogP contribution in [0.25, 0.3) is 9.88 Å². The van der Waals surface area contributed by atoms with Crippen molar-refractivity contribution in [2.24, 2.45) is 0 Å². The monoisotopic (exact) mass is 325 g/mol. The Bertz CT molecular complexity index is 538. The third-order valence-electron chi connectivity index (χ3n) is 3.30. The first-order valence-electron chi connectivity index (χ1n) is 7.09. The van der Waals surface area contributed by atoms with E-state index in [1.54, 1.807) is 16.2 Å². The maximum Gasteiger partial charge on any atom is 0.157 e. The quantitative estimate of drug-likeness (QED) is 0.824. The molecular weight excluding hydrogens is 306 g/mol. The van der Waals surface area contributed by atoms with Gasteiger partial charge in [-0.1, -0.05) is 18.3 Å². The largest absolute Gasteiger partial charge is 0.317 e. The molecule has 3 rings (SSSR count). The topological polar surface area (TPSA) is 37.8 Å². The fraction of sp³-hybridized carbons (Fsp3) is 0.571. The number of rotatable bonds is 6. The summed E-state index contributed by atoms with van der Waals surface area (Å²) in [5, 5.41) is 14.3. The van der Waals surface area contributed by atoms with Gasteiger partial charge in [-0.2, -0.15) is 11.8 Å². The molecule has 1 aliphatic rings. The van der Waals surface area contributed by atoms with Crippen molar-refractivity contribution in [1.82, 2.24) is 15.5 Å². The van der Waals surface area contributed by atoms with Gasteiger partial charge in [0.15, 0.2) is 5.01 Å². The second-order valence-electron chi connectivity index (χ2n) is 4.82. The summed E-state index contributed by atoms with van der Waals surface area (Å²) in [5.74, 6) is 2.43. The summed E-state index contributed by atoms with van der Waals surface area (Å²) in [6.07, 6.45) is 3.39. The van der Waals surface area contributed by atoms with Gasteiger partial charge in [-0.05, 0) is 43.3 Å². The molecule has 0 aliphatic carbocycles. The molecule has 2 aromatic rings. The summed E-state index contributed by atoms with van der Waals surface area (Å²) in [4.78, 5) is 2.87. The number of hydrogen-bond donors (Lipinski definition) is 1.